The van der Waals surface area contributed by atoms with Crippen LogP contribution in [0, 0.1) is 4.64 Å². The van der Waals surface area contributed by atoms with Crippen molar-refractivity contribution in [2.45, 2.75) is 13.5 Å². The molecule has 0 aliphatic carbocycles. The van der Waals surface area contributed by atoms with Crippen LogP contribution in [0.1, 0.15) is 6.92 Å². The van der Waals surface area contributed by atoms with Gasteiger partial charge in [0, 0.05) is 6.54 Å². The van der Waals surface area contributed by atoms with Gasteiger partial charge in [0.2, 0.25) is 0 Å². The Hall–Kier alpha value is -1.42. The minimum absolute atomic E-state index is 0.392. The number of benzene rings is 1. The SMILES string of the molecule is CCn1c(=O)oc2ccccc2c1=S. The van der Waals surface area contributed by atoms with E-state index in [1.54, 1.807) is 6.07 Å². The predicted molar refractivity (Wildman–Crippen MR) is 57.0 cm³/mol. The summed E-state index contributed by atoms with van der Waals surface area (Å²) in [6.45, 7) is 2.40. The third-order valence-corrected chi connectivity index (χ3v) is 2.54. The molecule has 0 aliphatic heterocycles. The minimum atomic E-state index is -0.392. The highest BCUT2D eigenvalue weighted by atomic mass is 32.1. The van der Waals surface area contributed by atoms with Crippen LogP contribution in [0.15, 0.2) is 33.5 Å². The first-order valence-corrected chi connectivity index (χ1v) is 4.77. The van der Waals surface area contributed by atoms with Gasteiger partial charge < -0.3 is 4.42 Å². The quantitative estimate of drug-likeness (QED) is 0.673. The van der Waals surface area contributed by atoms with E-state index in [1.807, 2.05) is 25.1 Å². The molecule has 2 aromatic rings. The molecule has 0 saturated carbocycles. The third-order valence-electron chi connectivity index (χ3n) is 2.10. The molecule has 0 fully saturated rings. The van der Waals surface area contributed by atoms with Gasteiger partial charge in [0.05, 0.1) is 5.39 Å². The second-order valence-corrected chi connectivity index (χ2v) is 3.30. The summed E-state index contributed by atoms with van der Waals surface area (Å²) in [4.78, 5) is 11.4. The van der Waals surface area contributed by atoms with E-state index in [4.69, 9.17) is 16.6 Å². The second kappa shape index (κ2) is 3.38. The number of para-hydroxylation sites is 1. The monoisotopic (exact) mass is 207 g/mol. The molecule has 0 spiro atoms. The molecule has 0 amide bonds. The van der Waals surface area contributed by atoms with Gasteiger partial charge in [-0.05, 0) is 19.1 Å². The van der Waals surface area contributed by atoms with E-state index in [9.17, 15) is 4.79 Å². The molecule has 3 nitrogen and oxygen atoms in total. The second-order valence-electron chi connectivity index (χ2n) is 2.91. The molecule has 4 heteroatoms. The van der Waals surface area contributed by atoms with E-state index >= 15 is 0 Å². The molecule has 0 radical (unpaired) electrons. The lowest BCUT2D eigenvalue weighted by Crippen LogP contribution is -2.18. The summed E-state index contributed by atoms with van der Waals surface area (Å²) in [6, 6.07) is 7.29. The maximum absolute atomic E-state index is 11.4. The van der Waals surface area contributed by atoms with Crippen LogP contribution >= 0.6 is 12.2 Å². The van der Waals surface area contributed by atoms with Gasteiger partial charge in [-0.1, -0.05) is 24.4 Å². The largest absolute Gasteiger partial charge is 0.420 e. The van der Waals surface area contributed by atoms with Crippen LogP contribution in [0.5, 0.6) is 0 Å². The molecule has 72 valence electrons. The molecule has 0 unspecified atom stereocenters. The normalized spacial score (nSPS) is 10.6. The molecule has 0 saturated heterocycles. The Bertz CT molecular complexity index is 582. The summed E-state index contributed by atoms with van der Waals surface area (Å²) in [6.07, 6.45) is 0. The summed E-state index contributed by atoms with van der Waals surface area (Å²) in [5.74, 6) is -0.392. The summed E-state index contributed by atoms with van der Waals surface area (Å²) >= 11 is 5.18. The molecular formula is C10H9NO2S. The van der Waals surface area contributed by atoms with E-state index in [-0.39, 0.29) is 0 Å². The Kier molecular flexibility index (Phi) is 2.21. The first-order valence-electron chi connectivity index (χ1n) is 4.36. The zero-order valence-corrected chi connectivity index (χ0v) is 8.50. The molecule has 0 bridgehead atoms. The zero-order chi connectivity index (χ0) is 10.1. The lowest BCUT2D eigenvalue weighted by molar-refractivity contribution is 0.470. The van der Waals surface area contributed by atoms with Gasteiger partial charge in [-0.15, -0.1) is 0 Å². The van der Waals surface area contributed by atoms with Gasteiger partial charge >= 0.3 is 5.76 Å². The van der Waals surface area contributed by atoms with Crippen molar-refractivity contribution < 1.29 is 4.42 Å². The number of hydrogen-bond donors (Lipinski definition) is 0. The lowest BCUT2D eigenvalue weighted by atomic mass is 10.3. The van der Waals surface area contributed by atoms with Crippen LogP contribution in [0.3, 0.4) is 0 Å². The first-order chi connectivity index (χ1) is 6.74. The highest BCUT2D eigenvalue weighted by molar-refractivity contribution is 7.71. The van der Waals surface area contributed by atoms with Gasteiger partial charge in [0.25, 0.3) is 0 Å². The molecule has 0 aliphatic rings. The van der Waals surface area contributed by atoms with Crippen molar-refractivity contribution >= 4 is 23.2 Å². The molecule has 1 heterocycles. The van der Waals surface area contributed by atoms with Crippen LogP contribution in [0.2, 0.25) is 0 Å². The fourth-order valence-corrected chi connectivity index (χ4v) is 1.75. The fourth-order valence-electron chi connectivity index (χ4n) is 1.38. The summed E-state index contributed by atoms with van der Waals surface area (Å²) in [5.41, 5.74) is 0.548. The number of aromatic nitrogens is 1. The standard InChI is InChI=1S/C10H9NO2S/c1-2-11-9(14)7-5-3-4-6-8(7)13-10(11)12/h3-6H,2H2,1H3. The van der Waals surface area contributed by atoms with Crippen LogP contribution in [0.25, 0.3) is 11.0 Å². The summed E-state index contributed by atoms with van der Waals surface area (Å²) in [7, 11) is 0. The Morgan fingerprint density at radius 3 is 2.86 bits per heavy atom. The highest BCUT2D eigenvalue weighted by Crippen LogP contribution is 2.12. The smallest absolute Gasteiger partial charge is 0.409 e. The lowest BCUT2D eigenvalue weighted by Gasteiger charge is -2.02. The van der Waals surface area contributed by atoms with Gasteiger partial charge in [-0.25, -0.2) is 4.79 Å². The average Bonchev–Trinajstić information content (AvgIpc) is 2.18. The number of hydrogen-bond acceptors (Lipinski definition) is 3. The molecule has 0 atom stereocenters. The molecule has 1 aromatic carbocycles. The van der Waals surface area contributed by atoms with Crippen LogP contribution in [0.4, 0.5) is 0 Å². The third kappa shape index (κ3) is 1.28. The van der Waals surface area contributed by atoms with Gasteiger partial charge in [-0.3, -0.25) is 4.57 Å². The Morgan fingerprint density at radius 1 is 1.43 bits per heavy atom. The van der Waals surface area contributed by atoms with E-state index in [1.165, 1.54) is 4.57 Å². The minimum Gasteiger partial charge on any atom is -0.409 e. The van der Waals surface area contributed by atoms with Crippen molar-refractivity contribution in [3.8, 4) is 0 Å². The van der Waals surface area contributed by atoms with Crippen LogP contribution in [-0.2, 0) is 6.54 Å². The maximum Gasteiger partial charge on any atom is 0.420 e. The number of rotatable bonds is 1. The fraction of sp³-hybridized carbons (Fsp3) is 0.200. The van der Waals surface area contributed by atoms with E-state index in [2.05, 4.69) is 0 Å². The van der Waals surface area contributed by atoms with Crippen LogP contribution < -0.4 is 5.76 Å². The average molecular weight is 207 g/mol. The number of fused-ring (bicyclic) bond motifs is 1. The summed E-state index contributed by atoms with van der Waals surface area (Å²) < 4.78 is 7.09. The van der Waals surface area contributed by atoms with Crippen LogP contribution in [-0.4, -0.2) is 4.57 Å². The maximum atomic E-state index is 11.4. The predicted octanol–water partition coefficient (Wildman–Crippen LogP) is 2.34. The van der Waals surface area contributed by atoms with E-state index in [0.29, 0.717) is 16.8 Å². The van der Waals surface area contributed by atoms with E-state index in [0.717, 1.165) is 5.39 Å². The Morgan fingerprint density at radius 2 is 2.14 bits per heavy atom. The van der Waals surface area contributed by atoms with E-state index < -0.39 is 5.76 Å². The first kappa shape index (κ1) is 9.15. The molecule has 2 rings (SSSR count). The van der Waals surface area contributed by atoms with Crippen molar-refractivity contribution in [2.75, 3.05) is 0 Å². The van der Waals surface area contributed by atoms with Gasteiger partial charge in [-0.2, -0.15) is 0 Å². The van der Waals surface area contributed by atoms with Gasteiger partial charge in [0.1, 0.15) is 10.2 Å². The zero-order valence-electron chi connectivity index (χ0n) is 7.69. The molecule has 14 heavy (non-hydrogen) atoms. The van der Waals surface area contributed by atoms with Crippen molar-refractivity contribution in [1.82, 2.24) is 4.57 Å². The topological polar surface area (TPSA) is 35.1 Å². The Labute approximate surface area is 85.6 Å². The number of nitrogens with zero attached hydrogens (tertiary/aromatic N) is 1. The molecular weight excluding hydrogens is 198 g/mol. The highest BCUT2D eigenvalue weighted by Gasteiger charge is 2.03. The summed E-state index contributed by atoms with van der Waals surface area (Å²) in [5, 5.41) is 0.809. The van der Waals surface area contributed by atoms with Gasteiger partial charge in [0.15, 0.2) is 0 Å². The van der Waals surface area contributed by atoms with Crippen molar-refractivity contribution in [3.63, 3.8) is 0 Å². The molecule has 0 N–H and O–H groups in total. The van der Waals surface area contributed by atoms with Crippen molar-refractivity contribution in [2.24, 2.45) is 0 Å². The molecule has 1 aromatic heterocycles. The van der Waals surface area contributed by atoms with Crippen molar-refractivity contribution in [3.05, 3.63) is 39.5 Å². The van der Waals surface area contributed by atoms with Crippen molar-refractivity contribution in [1.29, 1.82) is 0 Å². The Balaban J connectivity index is 3.01.